The van der Waals surface area contributed by atoms with E-state index >= 15 is 0 Å². The second-order valence-corrected chi connectivity index (χ2v) is 2.92. The van der Waals surface area contributed by atoms with Gasteiger partial charge in [-0.25, -0.2) is 0 Å². The van der Waals surface area contributed by atoms with E-state index in [-0.39, 0.29) is 5.78 Å². The van der Waals surface area contributed by atoms with Crippen molar-refractivity contribution in [3.8, 4) is 0 Å². The Hall–Kier alpha value is -1.57. The van der Waals surface area contributed by atoms with E-state index in [1.807, 2.05) is 31.2 Å². The fourth-order valence-electron chi connectivity index (χ4n) is 1.38. The molecule has 1 heterocycles. The van der Waals surface area contributed by atoms with Crippen molar-refractivity contribution in [3.63, 3.8) is 0 Å². The van der Waals surface area contributed by atoms with E-state index in [9.17, 15) is 4.79 Å². The zero-order chi connectivity index (χ0) is 9.26. The fraction of sp³-hybridized carbons (Fsp3) is 0.182. The number of hydrogen-bond donors (Lipinski definition) is 0. The van der Waals surface area contributed by atoms with E-state index in [2.05, 4.69) is 0 Å². The van der Waals surface area contributed by atoms with Crippen molar-refractivity contribution < 1.29 is 9.21 Å². The van der Waals surface area contributed by atoms with Gasteiger partial charge in [-0.1, -0.05) is 25.1 Å². The minimum atomic E-state index is 0.130. The van der Waals surface area contributed by atoms with Gasteiger partial charge in [-0.05, 0) is 6.07 Å². The van der Waals surface area contributed by atoms with Gasteiger partial charge in [0.25, 0.3) is 0 Å². The maximum absolute atomic E-state index is 11.4. The molecule has 0 bridgehead atoms. The monoisotopic (exact) mass is 174 g/mol. The average Bonchev–Trinajstić information content (AvgIpc) is 2.60. The number of hydrogen-bond acceptors (Lipinski definition) is 2. The van der Waals surface area contributed by atoms with Crippen LogP contribution in [0.1, 0.15) is 23.7 Å². The van der Waals surface area contributed by atoms with E-state index in [0.29, 0.717) is 12.0 Å². The number of fused-ring (bicyclic) bond motifs is 1. The lowest BCUT2D eigenvalue weighted by atomic mass is 10.1. The first-order valence-corrected chi connectivity index (χ1v) is 4.32. The third-order valence-electron chi connectivity index (χ3n) is 2.10. The van der Waals surface area contributed by atoms with E-state index in [1.54, 1.807) is 0 Å². The molecule has 0 aliphatic carbocycles. The van der Waals surface area contributed by atoms with Crippen molar-refractivity contribution in [2.24, 2.45) is 0 Å². The van der Waals surface area contributed by atoms with Crippen LogP contribution in [-0.2, 0) is 0 Å². The van der Waals surface area contributed by atoms with Gasteiger partial charge in [-0.15, -0.1) is 0 Å². The predicted molar refractivity (Wildman–Crippen MR) is 50.8 cm³/mol. The maximum atomic E-state index is 11.4. The molecule has 2 rings (SSSR count). The number of carbonyl (C=O) groups is 1. The highest BCUT2D eigenvalue weighted by atomic mass is 16.3. The molecule has 0 radical (unpaired) electrons. The molecule has 0 amide bonds. The summed E-state index contributed by atoms with van der Waals surface area (Å²) in [4.78, 5) is 11.4. The number of carbonyl (C=O) groups excluding carboxylic acids is 1. The Kier molecular flexibility index (Phi) is 1.89. The van der Waals surface area contributed by atoms with Crippen molar-refractivity contribution in [1.29, 1.82) is 0 Å². The van der Waals surface area contributed by atoms with Crippen LogP contribution < -0.4 is 0 Å². The van der Waals surface area contributed by atoms with Crippen molar-refractivity contribution >= 4 is 16.8 Å². The van der Waals surface area contributed by atoms with E-state index in [0.717, 1.165) is 11.0 Å². The maximum Gasteiger partial charge on any atom is 0.166 e. The standard InChI is InChI=1S/C11H10O2/c1-2-10(12)9-7-13-11-6-4-3-5-8(9)11/h3-7H,2H2,1H3. The molecule has 0 aliphatic rings. The minimum Gasteiger partial charge on any atom is -0.464 e. The van der Waals surface area contributed by atoms with E-state index in [1.165, 1.54) is 6.26 Å². The van der Waals surface area contributed by atoms with Gasteiger partial charge in [0.05, 0.1) is 5.56 Å². The number of furan rings is 1. The number of ketones is 1. The van der Waals surface area contributed by atoms with E-state index in [4.69, 9.17) is 4.42 Å². The van der Waals surface area contributed by atoms with Crippen molar-refractivity contribution in [2.75, 3.05) is 0 Å². The Morgan fingerprint density at radius 1 is 1.38 bits per heavy atom. The van der Waals surface area contributed by atoms with Gasteiger partial charge < -0.3 is 4.42 Å². The van der Waals surface area contributed by atoms with Crippen LogP contribution in [0.5, 0.6) is 0 Å². The Morgan fingerprint density at radius 2 is 2.15 bits per heavy atom. The summed E-state index contributed by atoms with van der Waals surface area (Å²) in [5.74, 6) is 0.130. The Balaban J connectivity index is 2.64. The zero-order valence-electron chi connectivity index (χ0n) is 7.41. The van der Waals surface area contributed by atoms with Crippen LogP contribution in [0.4, 0.5) is 0 Å². The predicted octanol–water partition coefficient (Wildman–Crippen LogP) is 3.03. The number of Topliss-reactive ketones (excluding diaryl/α,β-unsaturated/α-hetero) is 1. The lowest BCUT2D eigenvalue weighted by Crippen LogP contribution is -1.93. The second kappa shape index (κ2) is 3.05. The molecule has 0 spiro atoms. The Morgan fingerprint density at radius 3 is 2.92 bits per heavy atom. The fourth-order valence-corrected chi connectivity index (χ4v) is 1.38. The molecular formula is C11H10O2. The molecule has 2 aromatic rings. The molecule has 0 saturated heterocycles. The summed E-state index contributed by atoms with van der Waals surface area (Å²) in [5.41, 5.74) is 1.47. The molecule has 0 aliphatic heterocycles. The molecular weight excluding hydrogens is 164 g/mol. The summed E-state index contributed by atoms with van der Waals surface area (Å²) in [7, 11) is 0. The van der Waals surface area contributed by atoms with Crippen molar-refractivity contribution in [1.82, 2.24) is 0 Å². The molecule has 0 saturated carbocycles. The van der Waals surface area contributed by atoms with Gasteiger partial charge in [0.1, 0.15) is 11.8 Å². The summed E-state index contributed by atoms with van der Waals surface area (Å²) in [5, 5.41) is 0.911. The molecule has 0 N–H and O–H groups in total. The molecule has 0 atom stereocenters. The molecule has 66 valence electrons. The van der Waals surface area contributed by atoms with Gasteiger partial charge >= 0.3 is 0 Å². The summed E-state index contributed by atoms with van der Waals surface area (Å²) in [6.07, 6.45) is 2.06. The molecule has 13 heavy (non-hydrogen) atoms. The highest BCUT2D eigenvalue weighted by molar-refractivity contribution is 6.06. The van der Waals surface area contributed by atoms with Gasteiger partial charge in [-0.3, -0.25) is 4.79 Å². The number of rotatable bonds is 2. The lowest BCUT2D eigenvalue weighted by molar-refractivity contribution is 0.0989. The SMILES string of the molecule is CCC(=O)c1coc2ccccc12. The van der Waals surface area contributed by atoms with Gasteiger partial charge in [0, 0.05) is 11.8 Å². The third kappa shape index (κ3) is 1.24. The highest BCUT2D eigenvalue weighted by Gasteiger charge is 2.10. The van der Waals surface area contributed by atoms with Gasteiger partial charge in [0.2, 0.25) is 0 Å². The normalized spacial score (nSPS) is 10.5. The third-order valence-corrected chi connectivity index (χ3v) is 2.10. The largest absolute Gasteiger partial charge is 0.464 e. The van der Waals surface area contributed by atoms with Gasteiger partial charge in [-0.2, -0.15) is 0 Å². The quantitative estimate of drug-likeness (QED) is 0.655. The van der Waals surface area contributed by atoms with Crippen molar-refractivity contribution in [2.45, 2.75) is 13.3 Å². The first-order valence-electron chi connectivity index (χ1n) is 4.32. The lowest BCUT2D eigenvalue weighted by Gasteiger charge is -1.91. The molecule has 0 fully saturated rings. The summed E-state index contributed by atoms with van der Waals surface area (Å²) in [6, 6.07) is 7.57. The average molecular weight is 174 g/mol. The molecule has 1 aromatic heterocycles. The Labute approximate surface area is 76.2 Å². The summed E-state index contributed by atoms with van der Waals surface area (Å²) in [6.45, 7) is 1.85. The Bertz CT molecular complexity index is 440. The van der Waals surface area contributed by atoms with Crippen LogP contribution in [0, 0.1) is 0 Å². The van der Waals surface area contributed by atoms with Crippen LogP contribution in [0.3, 0.4) is 0 Å². The van der Waals surface area contributed by atoms with Crippen LogP contribution in [0.2, 0.25) is 0 Å². The van der Waals surface area contributed by atoms with Crippen molar-refractivity contribution in [3.05, 3.63) is 36.1 Å². The first-order chi connectivity index (χ1) is 6.33. The van der Waals surface area contributed by atoms with Crippen LogP contribution in [0.15, 0.2) is 34.9 Å². The minimum absolute atomic E-state index is 0.130. The topological polar surface area (TPSA) is 30.2 Å². The first kappa shape index (κ1) is 8.05. The van der Waals surface area contributed by atoms with Crippen LogP contribution in [-0.4, -0.2) is 5.78 Å². The van der Waals surface area contributed by atoms with Crippen LogP contribution in [0.25, 0.3) is 11.0 Å². The van der Waals surface area contributed by atoms with E-state index < -0.39 is 0 Å². The summed E-state index contributed by atoms with van der Waals surface area (Å²) < 4.78 is 5.25. The molecule has 1 aromatic carbocycles. The second-order valence-electron chi connectivity index (χ2n) is 2.92. The number of para-hydroxylation sites is 1. The zero-order valence-corrected chi connectivity index (χ0v) is 7.41. The summed E-state index contributed by atoms with van der Waals surface area (Å²) >= 11 is 0. The highest BCUT2D eigenvalue weighted by Crippen LogP contribution is 2.21. The smallest absolute Gasteiger partial charge is 0.166 e. The van der Waals surface area contributed by atoms with Crippen LogP contribution >= 0.6 is 0 Å². The molecule has 2 heteroatoms. The molecule has 2 nitrogen and oxygen atoms in total. The number of benzene rings is 1. The molecule has 0 unspecified atom stereocenters. The van der Waals surface area contributed by atoms with Gasteiger partial charge in [0.15, 0.2) is 5.78 Å².